The van der Waals surface area contributed by atoms with Crippen molar-refractivity contribution in [3.8, 4) is 0 Å². The fraction of sp³-hybridized carbons (Fsp3) is 0.833. The number of hydrogen-bond acceptors (Lipinski definition) is 1. The Hall–Kier alpha value is 0.180. The summed E-state index contributed by atoms with van der Waals surface area (Å²) >= 11 is 3.38. The Balaban J connectivity index is 2.19. The summed E-state index contributed by atoms with van der Waals surface area (Å²) in [4.78, 5) is 0. The third-order valence-electron chi connectivity index (χ3n) is 3.30. The molecule has 2 heteroatoms. The number of rotatable bonds is 4. The summed E-state index contributed by atoms with van der Waals surface area (Å²) in [5, 5.41) is 3.53. The van der Waals surface area contributed by atoms with Gasteiger partial charge in [-0.15, -0.1) is 0 Å². The number of nitrogens with one attached hydrogen (secondary N) is 1. The molecule has 0 atom stereocenters. The second-order valence-electron chi connectivity index (χ2n) is 4.75. The lowest BCUT2D eigenvalue weighted by atomic mass is 9.80. The van der Waals surface area contributed by atoms with E-state index in [0.717, 1.165) is 28.9 Å². The molecular weight excluding hydrogens is 238 g/mol. The van der Waals surface area contributed by atoms with Crippen molar-refractivity contribution < 1.29 is 0 Å². The molecule has 1 aliphatic carbocycles. The third-order valence-corrected chi connectivity index (χ3v) is 3.58. The van der Waals surface area contributed by atoms with E-state index in [2.05, 4.69) is 41.7 Å². The van der Waals surface area contributed by atoms with Crippen LogP contribution in [0.3, 0.4) is 0 Å². The molecule has 1 fully saturated rings. The molecule has 0 saturated heterocycles. The van der Waals surface area contributed by atoms with Crippen molar-refractivity contribution in [2.75, 3.05) is 6.54 Å². The molecule has 0 aliphatic heterocycles. The van der Waals surface area contributed by atoms with Crippen LogP contribution in [0.15, 0.2) is 11.1 Å². The van der Waals surface area contributed by atoms with Crippen molar-refractivity contribution >= 4 is 15.9 Å². The summed E-state index contributed by atoms with van der Waals surface area (Å²) in [5.41, 5.74) is 0. The van der Waals surface area contributed by atoms with Crippen LogP contribution in [-0.2, 0) is 0 Å². The van der Waals surface area contributed by atoms with E-state index < -0.39 is 0 Å². The van der Waals surface area contributed by atoms with Gasteiger partial charge in [0.15, 0.2) is 0 Å². The zero-order valence-corrected chi connectivity index (χ0v) is 10.9. The molecule has 0 aromatic heterocycles. The molecule has 82 valence electrons. The highest BCUT2D eigenvalue weighted by molar-refractivity contribution is 9.11. The van der Waals surface area contributed by atoms with Gasteiger partial charge in [0.25, 0.3) is 0 Å². The molecule has 0 unspecified atom stereocenters. The maximum atomic E-state index is 3.84. The van der Waals surface area contributed by atoms with E-state index in [1.807, 2.05) is 0 Å². The van der Waals surface area contributed by atoms with E-state index in [9.17, 15) is 0 Å². The molecule has 1 rings (SSSR count). The van der Waals surface area contributed by atoms with Gasteiger partial charge >= 0.3 is 0 Å². The van der Waals surface area contributed by atoms with Crippen LogP contribution in [0.25, 0.3) is 0 Å². The smallest absolute Gasteiger partial charge is 0.0268 e. The molecule has 1 saturated carbocycles. The van der Waals surface area contributed by atoms with Crippen LogP contribution in [0.4, 0.5) is 0 Å². The minimum Gasteiger partial charge on any atom is -0.309 e. The largest absolute Gasteiger partial charge is 0.309 e. The predicted molar refractivity (Wildman–Crippen MR) is 66.7 cm³/mol. The van der Waals surface area contributed by atoms with E-state index in [4.69, 9.17) is 0 Å². The van der Waals surface area contributed by atoms with Crippen LogP contribution < -0.4 is 5.32 Å². The Morgan fingerprint density at radius 3 is 2.36 bits per heavy atom. The Labute approximate surface area is 96.5 Å². The maximum Gasteiger partial charge on any atom is 0.0268 e. The van der Waals surface area contributed by atoms with E-state index in [0.29, 0.717) is 0 Å². The first kappa shape index (κ1) is 12.3. The van der Waals surface area contributed by atoms with Crippen LogP contribution in [0.1, 0.15) is 39.5 Å². The van der Waals surface area contributed by atoms with Gasteiger partial charge in [-0.25, -0.2) is 0 Å². The van der Waals surface area contributed by atoms with Crippen molar-refractivity contribution in [2.24, 2.45) is 11.8 Å². The molecule has 1 aliphatic rings. The molecule has 14 heavy (non-hydrogen) atoms. The normalized spacial score (nSPS) is 28.0. The van der Waals surface area contributed by atoms with Crippen LogP contribution >= 0.6 is 15.9 Å². The van der Waals surface area contributed by atoms with E-state index in [-0.39, 0.29) is 0 Å². The number of hydrogen-bond donors (Lipinski definition) is 1. The SMILES string of the molecule is C=C(Br)CNC1CCC(C(C)C)CC1. The third kappa shape index (κ3) is 4.14. The van der Waals surface area contributed by atoms with Crippen molar-refractivity contribution in [2.45, 2.75) is 45.6 Å². The highest BCUT2D eigenvalue weighted by Crippen LogP contribution is 2.29. The molecule has 0 aromatic carbocycles. The Morgan fingerprint density at radius 1 is 1.36 bits per heavy atom. The standard InChI is InChI=1S/C12H22BrN/c1-9(2)11-4-6-12(7-5-11)14-8-10(3)13/h9,11-12,14H,3-8H2,1-2H3. The molecule has 0 bridgehead atoms. The van der Waals surface area contributed by atoms with Gasteiger partial charge in [-0.2, -0.15) is 0 Å². The number of halogens is 1. The second kappa shape index (κ2) is 5.92. The molecule has 0 amide bonds. The monoisotopic (exact) mass is 259 g/mol. The quantitative estimate of drug-likeness (QED) is 0.812. The van der Waals surface area contributed by atoms with Gasteiger partial charge < -0.3 is 5.32 Å². The molecule has 0 spiro atoms. The van der Waals surface area contributed by atoms with Gasteiger partial charge in [0.2, 0.25) is 0 Å². The van der Waals surface area contributed by atoms with Crippen molar-refractivity contribution in [1.82, 2.24) is 5.32 Å². The Morgan fingerprint density at radius 2 is 1.93 bits per heavy atom. The first-order valence-electron chi connectivity index (χ1n) is 5.66. The predicted octanol–water partition coefficient (Wildman–Crippen LogP) is 3.70. The highest BCUT2D eigenvalue weighted by atomic mass is 79.9. The summed E-state index contributed by atoms with van der Waals surface area (Å²) in [6, 6.07) is 0.722. The lowest BCUT2D eigenvalue weighted by molar-refractivity contribution is 0.242. The molecule has 1 nitrogen and oxygen atoms in total. The molecule has 1 N–H and O–H groups in total. The molecular formula is C12H22BrN. The topological polar surface area (TPSA) is 12.0 Å². The van der Waals surface area contributed by atoms with Gasteiger partial charge in [-0.05, 0) is 37.5 Å². The lowest BCUT2D eigenvalue weighted by Crippen LogP contribution is -2.34. The first-order chi connectivity index (χ1) is 6.59. The van der Waals surface area contributed by atoms with E-state index >= 15 is 0 Å². The van der Waals surface area contributed by atoms with Crippen molar-refractivity contribution in [3.63, 3.8) is 0 Å². The van der Waals surface area contributed by atoms with Crippen LogP contribution in [-0.4, -0.2) is 12.6 Å². The zero-order chi connectivity index (χ0) is 10.6. The van der Waals surface area contributed by atoms with E-state index in [1.54, 1.807) is 0 Å². The van der Waals surface area contributed by atoms with Crippen molar-refractivity contribution in [1.29, 1.82) is 0 Å². The van der Waals surface area contributed by atoms with Crippen LogP contribution in [0.5, 0.6) is 0 Å². The summed E-state index contributed by atoms with van der Waals surface area (Å²) in [6.45, 7) is 9.44. The second-order valence-corrected chi connectivity index (χ2v) is 5.88. The average Bonchev–Trinajstić information content (AvgIpc) is 2.15. The lowest BCUT2D eigenvalue weighted by Gasteiger charge is -2.31. The Kier molecular flexibility index (Phi) is 5.18. The fourth-order valence-corrected chi connectivity index (χ4v) is 2.41. The van der Waals surface area contributed by atoms with Gasteiger partial charge in [0.1, 0.15) is 0 Å². The van der Waals surface area contributed by atoms with Gasteiger partial charge in [-0.3, -0.25) is 0 Å². The highest BCUT2D eigenvalue weighted by Gasteiger charge is 2.22. The van der Waals surface area contributed by atoms with Gasteiger partial charge in [-0.1, -0.05) is 36.4 Å². The van der Waals surface area contributed by atoms with Crippen LogP contribution in [0.2, 0.25) is 0 Å². The summed E-state index contributed by atoms with van der Waals surface area (Å²) in [6.07, 6.45) is 5.46. The summed E-state index contributed by atoms with van der Waals surface area (Å²) < 4.78 is 1.06. The van der Waals surface area contributed by atoms with Crippen LogP contribution in [0, 0.1) is 11.8 Å². The zero-order valence-electron chi connectivity index (χ0n) is 9.35. The maximum absolute atomic E-state index is 3.84. The molecule has 0 heterocycles. The Bertz CT molecular complexity index is 181. The van der Waals surface area contributed by atoms with Crippen molar-refractivity contribution in [3.05, 3.63) is 11.1 Å². The average molecular weight is 260 g/mol. The molecule has 0 aromatic rings. The van der Waals surface area contributed by atoms with Gasteiger partial charge in [0, 0.05) is 17.1 Å². The molecule has 0 radical (unpaired) electrons. The summed E-state index contributed by atoms with van der Waals surface area (Å²) in [5.74, 6) is 1.82. The van der Waals surface area contributed by atoms with E-state index in [1.165, 1.54) is 25.7 Å². The van der Waals surface area contributed by atoms with Gasteiger partial charge in [0.05, 0.1) is 0 Å². The summed E-state index contributed by atoms with van der Waals surface area (Å²) in [7, 11) is 0. The fourth-order valence-electron chi connectivity index (χ4n) is 2.25. The minimum absolute atomic E-state index is 0.722. The first-order valence-corrected chi connectivity index (χ1v) is 6.45. The minimum atomic E-state index is 0.722.